The Morgan fingerprint density at radius 2 is 2.00 bits per heavy atom. The predicted molar refractivity (Wildman–Crippen MR) is 87.2 cm³/mol. The molecule has 3 rings (SSSR count). The number of anilines is 1. The lowest BCUT2D eigenvalue weighted by Gasteiger charge is -2.43. The van der Waals surface area contributed by atoms with Crippen molar-refractivity contribution in [2.75, 3.05) is 38.1 Å². The zero-order chi connectivity index (χ0) is 16.1. The van der Waals surface area contributed by atoms with Crippen molar-refractivity contribution in [1.29, 1.82) is 0 Å². The number of likely N-dealkylation sites (tertiary alicyclic amines) is 1. The van der Waals surface area contributed by atoms with Crippen LogP contribution >= 0.6 is 0 Å². The summed E-state index contributed by atoms with van der Waals surface area (Å²) in [6, 6.07) is 7.95. The zero-order valence-corrected chi connectivity index (χ0v) is 13.2. The fourth-order valence-electron chi connectivity index (χ4n) is 3.21. The van der Waals surface area contributed by atoms with Crippen molar-refractivity contribution in [2.45, 2.75) is 24.9 Å². The van der Waals surface area contributed by atoms with Gasteiger partial charge in [-0.2, -0.15) is 0 Å². The third kappa shape index (κ3) is 4.09. The van der Waals surface area contributed by atoms with Crippen molar-refractivity contribution in [2.24, 2.45) is 0 Å². The van der Waals surface area contributed by atoms with Crippen LogP contribution in [-0.4, -0.2) is 55.6 Å². The molecule has 1 spiro atoms. The molecule has 0 atom stereocenters. The molecule has 0 aliphatic carbocycles. The van der Waals surface area contributed by atoms with Crippen LogP contribution in [0.3, 0.4) is 0 Å². The molecular weight excluding hydrogens is 294 g/mol. The van der Waals surface area contributed by atoms with Gasteiger partial charge in [0.2, 0.25) is 12.3 Å². The van der Waals surface area contributed by atoms with E-state index in [0.29, 0.717) is 13.0 Å². The van der Waals surface area contributed by atoms with E-state index in [1.54, 1.807) is 0 Å². The highest BCUT2D eigenvalue weighted by Crippen LogP contribution is 2.27. The van der Waals surface area contributed by atoms with E-state index in [4.69, 9.17) is 4.74 Å². The van der Waals surface area contributed by atoms with Gasteiger partial charge in [0.15, 0.2) is 0 Å². The summed E-state index contributed by atoms with van der Waals surface area (Å²) in [5.41, 5.74) is 1.94. The van der Waals surface area contributed by atoms with Gasteiger partial charge in [-0.05, 0) is 37.0 Å². The van der Waals surface area contributed by atoms with Gasteiger partial charge in [-0.15, -0.1) is 0 Å². The molecule has 124 valence electrons. The van der Waals surface area contributed by atoms with Gasteiger partial charge in [0.25, 0.3) is 0 Å². The van der Waals surface area contributed by atoms with Crippen molar-refractivity contribution in [3.8, 4) is 0 Å². The first-order chi connectivity index (χ1) is 11.2. The summed E-state index contributed by atoms with van der Waals surface area (Å²) in [7, 11) is 0. The summed E-state index contributed by atoms with van der Waals surface area (Å²) < 4.78 is 5.79. The lowest BCUT2D eigenvalue weighted by atomic mass is 9.90. The monoisotopic (exact) mass is 317 g/mol. The van der Waals surface area contributed by atoms with E-state index in [-0.39, 0.29) is 18.1 Å². The largest absolute Gasteiger partial charge is 0.363 e. The van der Waals surface area contributed by atoms with E-state index in [2.05, 4.69) is 27.7 Å². The third-order valence-electron chi connectivity index (χ3n) is 4.78. The Hall–Kier alpha value is -1.92. The molecule has 2 N–H and O–H groups in total. The van der Waals surface area contributed by atoms with Gasteiger partial charge in [-0.1, -0.05) is 12.1 Å². The third-order valence-corrected chi connectivity index (χ3v) is 4.78. The number of hydrogen-bond donors (Lipinski definition) is 2. The van der Waals surface area contributed by atoms with E-state index >= 15 is 0 Å². The number of nitrogens with zero attached hydrogens (tertiary/aromatic N) is 1. The molecule has 0 saturated carbocycles. The molecule has 0 bridgehead atoms. The second-order valence-electron chi connectivity index (χ2n) is 6.30. The van der Waals surface area contributed by atoms with Crippen molar-refractivity contribution in [3.63, 3.8) is 0 Å². The summed E-state index contributed by atoms with van der Waals surface area (Å²) in [5.74, 6) is -0.00873. The molecule has 2 amide bonds. The molecular formula is C17H23N3O3. The van der Waals surface area contributed by atoms with E-state index in [9.17, 15) is 9.59 Å². The molecule has 23 heavy (non-hydrogen) atoms. The molecule has 2 fully saturated rings. The number of carbonyl (C=O) groups is 2. The Labute approximate surface area is 136 Å². The Kier molecular flexibility index (Phi) is 4.93. The first kappa shape index (κ1) is 16.0. The first-order valence-corrected chi connectivity index (χ1v) is 8.11. The van der Waals surface area contributed by atoms with Crippen LogP contribution < -0.4 is 10.6 Å². The molecule has 2 heterocycles. The molecule has 1 aromatic rings. The Bertz CT molecular complexity index is 539. The van der Waals surface area contributed by atoms with Crippen molar-refractivity contribution in [1.82, 2.24) is 10.2 Å². The van der Waals surface area contributed by atoms with Crippen LogP contribution in [0.1, 0.15) is 18.4 Å². The number of piperidine rings is 1. The highest BCUT2D eigenvalue weighted by atomic mass is 16.5. The second kappa shape index (κ2) is 7.10. The van der Waals surface area contributed by atoms with Crippen molar-refractivity contribution < 1.29 is 14.3 Å². The molecule has 2 aliphatic rings. The van der Waals surface area contributed by atoms with Crippen LogP contribution in [0, 0.1) is 0 Å². The molecule has 6 nitrogen and oxygen atoms in total. The summed E-state index contributed by atoms with van der Waals surface area (Å²) >= 11 is 0. The highest BCUT2D eigenvalue weighted by molar-refractivity contribution is 5.78. The van der Waals surface area contributed by atoms with Crippen LogP contribution in [-0.2, 0) is 20.7 Å². The Morgan fingerprint density at radius 3 is 2.61 bits per heavy atom. The number of rotatable bonds is 5. The van der Waals surface area contributed by atoms with Gasteiger partial charge >= 0.3 is 0 Å². The molecule has 0 radical (unpaired) electrons. The van der Waals surface area contributed by atoms with Crippen LogP contribution in [0.5, 0.6) is 0 Å². The minimum absolute atomic E-state index is 0.00873. The summed E-state index contributed by atoms with van der Waals surface area (Å²) in [6.45, 7) is 3.86. The van der Waals surface area contributed by atoms with E-state index < -0.39 is 0 Å². The maximum absolute atomic E-state index is 11.2. The molecule has 2 saturated heterocycles. The smallest absolute Gasteiger partial charge is 0.246 e. The Balaban J connectivity index is 1.44. The SMILES string of the molecule is O=CNc1ccc(CCN2CCC3(CC2)CNC(=O)CO3)cc1. The quantitative estimate of drug-likeness (QED) is 0.787. The van der Waals surface area contributed by atoms with Gasteiger partial charge in [-0.25, -0.2) is 0 Å². The normalized spacial score (nSPS) is 21.0. The minimum Gasteiger partial charge on any atom is -0.363 e. The fourth-order valence-corrected chi connectivity index (χ4v) is 3.21. The second-order valence-corrected chi connectivity index (χ2v) is 6.30. The standard InChI is InChI=1S/C17H23N3O3/c21-13-19-15-3-1-14(2-4-15)5-8-20-9-6-17(7-10-20)12-18-16(22)11-23-17/h1-4,13H,5-12H2,(H,18,22)(H,19,21). The molecule has 0 unspecified atom stereocenters. The van der Waals surface area contributed by atoms with E-state index in [0.717, 1.165) is 44.6 Å². The van der Waals surface area contributed by atoms with Crippen LogP contribution in [0.2, 0.25) is 0 Å². The van der Waals surface area contributed by atoms with Gasteiger partial charge in [0.1, 0.15) is 6.61 Å². The van der Waals surface area contributed by atoms with Crippen molar-refractivity contribution >= 4 is 18.0 Å². The van der Waals surface area contributed by atoms with Gasteiger partial charge in [0.05, 0.1) is 5.60 Å². The van der Waals surface area contributed by atoms with Gasteiger partial charge in [-0.3, -0.25) is 9.59 Å². The van der Waals surface area contributed by atoms with E-state index in [1.807, 2.05) is 12.1 Å². The molecule has 6 heteroatoms. The maximum Gasteiger partial charge on any atom is 0.246 e. The number of nitrogens with one attached hydrogen (secondary N) is 2. The van der Waals surface area contributed by atoms with Gasteiger partial charge < -0.3 is 20.3 Å². The fraction of sp³-hybridized carbons (Fsp3) is 0.529. The lowest BCUT2D eigenvalue weighted by Crippen LogP contribution is -2.57. The van der Waals surface area contributed by atoms with Crippen molar-refractivity contribution in [3.05, 3.63) is 29.8 Å². The number of morpholine rings is 1. The summed E-state index contributed by atoms with van der Waals surface area (Å²) in [5, 5.41) is 5.56. The highest BCUT2D eigenvalue weighted by Gasteiger charge is 2.38. The number of carbonyl (C=O) groups excluding carboxylic acids is 2. The number of ether oxygens (including phenoxy) is 1. The average molecular weight is 317 g/mol. The van der Waals surface area contributed by atoms with Crippen LogP contribution in [0.4, 0.5) is 5.69 Å². The topological polar surface area (TPSA) is 70.7 Å². The summed E-state index contributed by atoms with van der Waals surface area (Å²) in [4.78, 5) is 24.0. The minimum atomic E-state index is -0.146. The van der Waals surface area contributed by atoms with Crippen LogP contribution in [0.15, 0.2) is 24.3 Å². The summed E-state index contributed by atoms with van der Waals surface area (Å²) in [6.07, 6.45) is 3.62. The maximum atomic E-state index is 11.2. The lowest BCUT2D eigenvalue weighted by molar-refractivity contribution is -0.150. The number of hydrogen-bond acceptors (Lipinski definition) is 4. The Morgan fingerprint density at radius 1 is 1.26 bits per heavy atom. The zero-order valence-electron chi connectivity index (χ0n) is 13.2. The van der Waals surface area contributed by atoms with Crippen LogP contribution in [0.25, 0.3) is 0 Å². The number of benzene rings is 1. The molecule has 1 aromatic carbocycles. The van der Waals surface area contributed by atoms with Gasteiger partial charge in [0, 0.05) is 31.9 Å². The molecule has 0 aromatic heterocycles. The van der Waals surface area contributed by atoms with E-state index in [1.165, 1.54) is 5.56 Å². The average Bonchev–Trinajstić information content (AvgIpc) is 2.59. The predicted octanol–water partition coefficient (Wildman–Crippen LogP) is 0.778. The molecule has 2 aliphatic heterocycles. The number of amides is 2. The first-order valence-electron chi connectivity index (χ1n) is 8.11.